The fourth-order valence-corrected chi connectivity index (χ4v) is 6.08. The van der Waals surface area contributed by atoms with Crippen molar-refractivity contribution < 1.29 is 17.9 Å². The van der Waals surface area contributed by atoms with Gasteiger partial charge in [-0.25, -0.2) is 8.42 Å². The van der Waals surface area contributed by atoms with E-state index >= 15 is 0 Å². The largest absolute Gasteiger partial charge is 0.462 e. The maximum atomic E-state index is 13.5. The Morgan fingerprint density at radius 3 is 2.42 bits per heavy atom. The first kappa shape index (κ1) is 26.8. The number of carbonyl (C=O) groups is 1. The first-order valence-corrected chi connectivity index (χ1v) is 13.1. The molecule has 2 rings (SSSR count). The second-order valence-corrected chi connectivity index (χ2v) is 11.8. The van der Waals surface area contributed by atoms with Gasteiger partial charge in [-0.1, -0.05) is 67.0 Å². The van der Waals surface area contributed by atoms with Gasteiger partial charge in [-0.3, -0.25) is 4.79 Å². The van der Waals surface area contributed by atoms with Gasteiger partial charge in [0.2, 0.25) is 0 Å². The number of hydrogen-bond acceptors (Lipinski definition) is 4. The van der Waals surface area contributed by atoms with Crippen LogP contribution >= 0.6 is 0 Å². The molecule has 0 heterocycles. The molecule has 0 N–H and O–H groups in total. The Labute approximate surface area is 200 Å². The van der Waals surface area contributed by atoms with Crippen LogP contribution < -0.4 is 0 Å². The summed E-state index contributed by atoms with van der Waals surface area (Å²) in [5.41, 5.74) is 4.66. The molecule has 0 saturated carbocycles. The molecule has 0 spiro atoms. The first-order valence-electron chi connectivity index (χ1n) is 11.6. The predicted molar refractivity (Wildman–Crippen MR) is 136 cm³/mol. The van der Waals surface area contributed by atoms with Gasteiger partial charge in [-0.15, -0.1) is 0 Å². The monoisotopic (exact) mass is 470 g/mol. The SMILES string of the molecule is CC(=O)OCC=C(C)CC(C=C(C)C=CC1=C(C)CCCC1(C)C)S(=O)(=O)c1ccccc1. The molecule has 1 atom stereocenters. The molecule has 5 heteroatoms. The molecule has 0 bridgehead atoms. The Kier molecular flexibility index (Phi) is 9.47. The second-order valence-electron chi connectivity index (χ2n) is 9.63. The summed E-state index contributed by atoms with van der Waals surface area (Å²) >= 11 is 0. The fourth-order valence-electron chi connectivity index (χ4n) is 4.32. The summed E-state index contributed by atoms with van der Waals surface area (Å²) in [6.07, 6.45) is 11.6. The molecule has 33 heavy (non-hydrogen) atoms. The van der Waals surface area contributed by atoms with E-state index in [9.17, 15) is 13.2 Å². The van der Waals surface area contributed by atoms with Gasteiger partial charge in [0.25, 0.3) is 0 Å². The number of ether oxygens (including phenoxy) is 1. The molecule has 0 amide bonds. The Morgan fingerprint density at radius 2 is 1.82 bits per heavy atom. The average Bonchev–Trinajstić information content (AvgIpc) is 2.72. The van der Waals surface area contributed by atoms with Crippen molar-refractivity contribution in [2.45, 2.75) is 77.4 Å². The molecule has 0 radical (unpaired) electrons. The predicted octanol–water partition coefficient (Wildman–Crippen LogP) is 6.76. The van der Waals surface area contributed by atoms with Crippen molar-refractivity contribution in [1.29, 1.82) is 0 Å². The van der Waals surface area contributed by atoms with E-state index in [-0.39, 0.29) is 18.0 Å². The molecule has 1 aliphatic carbocycles. The van der Waals surface area contributed by atoms with E-state index in [4.69, 9.17) is 4.74 Å². The van der Waals surface area contributed by atoms with Crippen LogP contribution in [0.4, 0.5) is 0 Å². The Bertz CT molecular complexity index is 1050. The summed E-state index contributed by atoms with van der Waals surface area (Å²) in [5, 5.41) is -0.715. The summed E-state index contributed by atoms with van der Waals surface area (Å²) in [4.78, 5) is 11.3. The lowest BCUT2D eigenvalue weighted by Gasteiger charge is -2.33. The fraction of sp³-hybridized carbons (Fsp3) is 0.464. The van der Waals surface area contributed by atoms with Crippen LogP contribution in [0.25, 0.3) is 0 Å². The minimum absolute atomic E-state index is 0.130. The van der Waals surface area contributed by atoms with Gasteiger partial charge >= 0.3 is 5.97 Å². The topological polar surface area (TPSA) is 60.4 Å². The van der Waals surface area contributed by atoms with Crippen LogP contribution in [0, 0.1) is 5.41 Å². The Hall–Kier alpha value is -2.40. The van der Waals surface area contributed by atoms with Gasteiger partial charge in [-0.2, -0.15) is 0 Å². The molecular weight excluding hydrogens is 432 g/mol. The van der Waals surface area contributed by atoms with Gasteiger partial charge in [0, 0.05) is 6.92 Å². The second kappa shape index (κ2) is 11.6. The molecule has 1 aromatic carbocycles. The van der Waals surface area contributed by atoms with Crippen LogP contribution in [0.1, 0.15) is 67.2 Å². The van der Waals surface area contributed by atoms with Crippen molar-refractivity contribution in [3.8, 4) is 0 Å². The summed E-state index contributed by atoms with van der Waals surface area (Å²) in [6.45, 7) is 12.1. The number of sulfone groups is 1. The number of allylic oxidation sites excluding steroid dienone is 6. The van der Waals surface area contributed by atoms with Crippen LogP contribution in [0.5, 0.6) is 0 Å². The summed E-state index contributed by atoms with van der Waals surface area (Å²) in [6, 6.07) is 8.56. The number of benzene rings is 1. The molecule has 4 nitrogen and oxygen atoms in total. The zero-order chi connectivity index (χ0) is 24.6. The summed E-state index contributed by atoms with van der Waals surface area (Å²) < 4.78 is 31.9. The molecular formula is C28H38O4S. The van der Waals surface area contributed by atoms with Gasteiger partial charge in [-0.05, 0) is 75.7 Å². The first-order chi connectivity index (χ1) is 15.4. The van der Waals surface area contributed by atoms with Crippen LogP contribution in [0.3, 0.4) is 0 Å². The lowest BCUT2D eigenvalue weighted by atomic mass is 9.72. The van der Waals surface area contributed by atoms with Crippen LogP contribution in [0.15, 0.2) is 81.8 Å². The third-order valence-electron chi connectivity index (χ3n) is 6.22. The van der Waals surface area contributed by atoms with Crippen molar-refractivity contribution in [2.75, 3.05) is 6.61 Å². The average molecular weight is 471 g/mol. The number of hydrogen-bond donors (Lipinski definition) is 0. The lowest BCUT2D eigenvalue weighted by molar-refractivity contribution is -0.139. The van der Waals surface area contributed by atoms with Crippen molar-refractivity contribution in [3.05, 3.63) is 76.9 Å². The number of esters is 1. The van der Waals surface area contributed by atoms with Crippen LogP contribution in [-0.4, -0.2) is 26.2 Å². The zero-order valence-electron chi connectivity index (χ0n) is 20.9. The van der Waals surface area contributed by atoms with E-state index < -0.39 is 15.1 Å². The highest BCUT2D eigenvalue weighted by molar-refractivity contribution is 7.92. The van der Waals surface area contributed by atoms with Crippen LogP contribution in [-0.2, 0) is 19.4 Å². The van der Waals surface area contributed by atoms with E-state index in [2.05, 4.69) is 26.8 Å². The highest BCUT2D eigenvalue weighted by Gasteiger charge is 2.27. The zero-order valence-corrected chi connectivity index (χ0v) is 21.7. The quantitative estimate of drug-likeness (QED) is 0.227. The molecule has 0 fully saturated rings. The molecule has 0 aliphatic heterocycles. The van der Waals surface area contributed by atoms with Crippen LogP contribution in [0.2, 0.25) is 0 Å². The van der Waals surface area contributed by atoms with Crippen molar-refractivity contribution in [2.24, 2.45) is 5.41 Å². The van der Waals surface area contributed by atoms with E-state index in [0.29, 0.717) is 11.3 Å². The molecule has 1 aromatic rings. The number of carbonyl (C=O) groups excluding carboxylic acids is 1. The smallest absolute Gasteiger partial charge is 0.302 e. The van der Waals surface area contributed by atoms with Gasteiger partial charge in [0.05, 0.1) is 10.1 Å². The third kappa shape index (κ3) is 7.85. The van der Waals surface area contributed by atoms with Gasteiger partial charge in [0.1, 0.15) is 6.61 Å². The Morgan fingerprint density at radius 1 is 1.15 bits per heavy atom. The molecule has 0 saturated heterocycles. The normalized spacial score (nSPS) is 18.5. The van der Waals surface area contributed by atoms with E-state index in [1.807, 2.05) is 32.1 Å². The number of rotatable bonds is 9. The van der Waals surface area contributed by atoms with E-state index in [1.165, 1.54) is 24.5 Å². The standard InChI is InChI=1S/C28H38O4S/c1-21(14-15-27-23(3)11-10-17-28(27,5)6)19-26(20-22(2)16-18-32-24(4)29)33(30,31)25-12-8-7-9-13-25/h7-9,12-16,19,26H,10-11,17-18,20H2,1-6H3. The molecule has 1 unspecified atom stereocenters. The van der Waals surface area contributed by atoms with Gasteiger partial charge in [0.15, 0.2) is 9.84 Å². The Balaban J connectivity index is 2.36. The minimum Gasteiger partial charge on any atom is -0.462 e. The third-order valence-corrected chi connectivity index (χ3v) is 8.25. The van der Waals surface area contributed by atoms with Crippen molar-refractivity contribution in [3.63, 3.8) is 0 Å². The van der Waals surface area contributed by atoms with E-state index in [1.54, 1.807) is 30.3 Å². The maximum absolute atomic E-state index is 13.5. The molecule has 0 aromatic heterocycles. The minimum atomic E-state index is -3.58. The van der Waals surface area contributed by atoms with Crippen molar-refractivity contribution >= 4 is 15.8 Å². The highest BCUT2D eigenvalue weighted by atomic mass is 32.2. The van der Waals surface area contributed by atoms with E-state index in [0.717, 1.165) is 24.0 Å². The maximum Gasteiger partial charge on any atom is 0.302 e. The van der Waals surface area contributed by atoms with Crippen molar-refractivity contribution in [1.82, 2.24) is 0 Å². The summed E-state index contributed by atoms with van der Waals surface area (Å²) in [7, 11) is -3.58. The molecule has 1 aliphatic rings. The molecule has 180 valence electrons. The summed E-state index contributed by atoms with van der Waals surface area (Å²) in [5.74, 6) is -0.358. The lowest BCUT2D eigenvalue weighted by Crippen LogP contribution is -2.20. The van der Waals surface area contributed by atoms with Gasteiger partial charge < -0.3 is 4.74 Å². The highest BCUT2D eigenvalue weighted by Crippen LogP contribution is 2.40.